The molecule has 0 saturated carbocycles. The molecule has 0 aliphatic carbocycles. The van der Waals surface area contributed by atoms with Crippen LogP contribution >= 0.6 is 0 Å². The third-order valence-corrected chi connectivity index (χ3v) is 4.14. The number of nitrogens with one attached hydrogen (secondary N) is 3. The lowest BCUT2D eigenvalue weighted by molar-refractivity contribution is -0.127. The van der Waals surface area contributed by atoms with Crippen LogP contribution in [0.3, 0.4) is 0 Å². The van der Waals surface area contributed by atoms with Crippen LogP contribution in [-0.2, 0) is 9.53 Å². The van der Waals surface area contributed by atoms with Gasteiger partial charge in [0, 0.05) is 12.7 Å². The molecule has 1 unspecified atom stereocenters. The second-order valence-electron chi connectivity index (χ2n) is 6.03. The number of para-hydroxylation sites is 1. The van der Waals surface area contributed by atoms with Crippen molar-refractivity contribution in [3.63, 3.8) is 0 Å². The number of ether oxygens (including phenoxy) is 1. The smallest absolute Gasteiger partial charge is 0.341 e. The van der Waals surface area contributed by atoms with Crippen molar-refractivity contribution in [2.24, 2.45) is 0 Å². The number of carbonyl (C=O) groups excluding carboxylic acids is 3. The zero-order valence-corrected chi connectivity index (χ0v) is 15.8. The van der Waals surface area contributed by atoms with Crippen LogP contribution in [0, 0.1) is 13.8 Å². The number of benzene rings is 2. The molecule has 0 radical (unpaired) electrons. The standard InChI is InChI=1S/C20H23N3O4/c1-12-8-7-11-16(13(12)2)22-17-10-6-5-9-15(17)19(25)27-14(3)18(24)23-20(26)21-4/h5-11,14,22H,1-4H3,(H2,21,23,24,26). The Bertz CT molecular complexity index is 864. The summed E-state index contributed by atoms with van der Waals surface area (Å²) in [6.07, 6.45) is -1.12. The highest BCUT2D eigenvalue weighted by molar-refractivity contribution is 6.00. The maximum absolute atomic E-state index is 12.5. The maximum atomic E-state index is 12.5. The van der Waals surface area contributed by atoms with Gasteiger partial charge in [-0.2, -0.15) is 0 Å². The number of hydrogen-bond acceptors (Lipinski definition) is 5. The Morgan fingerprint density at radius 3 is 2.33 bits per heavy atom. The van der Waals surface area contributed by atoms with Gasteiger partial charge in [0.2, 0.25) is 0 Å². The van der Waals surface area contributed by atoms with E-state index in [0.29, 0.717) is 5.69 Å². The van der Waals surface area contributed by atoms with Gasteiger partial charge in [0.1, 0.15) is 0 Å². The summed E-state index contributed by atoms with van der Waals surface area (Å²) in [5, 5.41) is 7.57. The average Bonchev–Trinajstić information content (AvgIpc) is 2.65. The molecule has 142 valence electrons. The topological polar surface area (TPSA) is 96.5 Å². The first-order valence-electron chi connectivity index (χ1n) is 8.49. The summed E-state index contributed by atoms with van der Waals surface area (Å²) in [4.78, 5) is 35.6. The SMILES string of the molecule is CNC(=O)NC(=O)C(C)OC(=O)c1ccccc1Nc1cccc(C)c1C. The zero-order valence-electron chi connectivity index (χ0n) is 15.8. The molecular weight excluding hydrogens is 346 g/mol. The van der Waals surface area contributed by atoms with Gasteiger partial charge in [0.15, 0.2) is 6.10 Å². The Balaban J connectivity index is 2.17. The minimum atomic E-state index is -1.12. The molecule has 0 aliphatic rings. The fourth-order valence-electron chi connectivity index (χ4n) is 2.36. The van der Waals surface area contributed by atoms with Crippen molar-refractivity contribution in [2.75, 3.05) is 12.4 Å². The van der Waals surface area contributed by atoms with Gasteiger partial charge < -0.3 is 15.4 Å². The number of esters is 1. The van der Waals surface area contributed by atoms with Crippen LogP contribution in [-0.4, -0.2) is 31.1 Å². The normalized spacial score (nSPS) is 11.3. The minimum absolute atomic E-state index is 0.290. The molecule has 2 aromatic rings. The number of anilines is 2. The lowest BCUT2D eigenvalue weighted by atomic mass is 10.1. The fourth-order valence-corrected chi connectivity index (χ4v) is 2.36. The van der Waals surface area contributed by atoms with Crippen molar-refractivity contribution < 1.29 is 19.1 Å². The van der Waals surface area contributed by atoms with Crippen LogP contribution in [0.5, 0.6) is 0 Å². The minimum Gasteiger partial charge on any atom is -0.449 e. The van der Waals surface area contributed by atoms with Crippen molar-refractivity contribution >= 4 is 29.3 Å². The van der Waals surface area contributed by atoms with E-state index in [0.717, 1.165) is 16.8 Å². The highest BCUT2D eigenvalue weighted by Gasteiger charge is 2.22. The Morgan fingerprint density at radius 1 is 0.963 bits per heavy atom. The number of amides is 3. The molecule has 0 spiro atoms. The molecule has 0 bridgehead atoms. The van der Waals surface area contributed by atoms with Gasteiger partial charge in [0.05, 0.1) is 11.3 Å². The Labute approximate surface area is 158 Å². The monoisotopic (exact) mass is 369 g/mol. The maximum Gasteiger partial charge on any atom is 0.341 e. The van der Waals surface area contributed by atoms with Gasteiger partial charge in [-0.25, -0.2) is 9.59 Å². The lowest BCUT2D eigenvalue weighted by Gasteiger charge is -2.16. The summed E-state index contributed by atoms with van der Waals surface area (Å²) in [7, 11) is 1.38. The quantitative estimate of drug-likeness (QED) is 0.704. The van der Waals surface area contributed by atoms with E-state index in [-0.39, 0.29) is 5.56 Å². The van der Waals surface area contributed by atoms with Crippen LogP contribution in [0.25, 0.3) is 0 Å². The first-order chi connectivity index (χ1) is 12.8. The summed E-state index contributed by atoms with van der Waals surface area (Å²) >= 11 is 0. The Kier molecular flexibility index (Phi) is 6.54. The highest BCUT2D eigenvalue weighted by atomic mass is 16.5. The van der Waals surface area contributed by atoms with E-state index in [9.17, 15) is 14.4 Å². The summed E-state index contributed by atoms with van der Waals surface area (Å²) in [6, 6.07) is 12.1. The molecule has 0 heterocycles. The molecule has 0 aliphatic heterocycles. The first kappa shape index (κ1) is 20.0. The van der Waals surface area contributed by atoms with Gasteiger partial charge in [-0.3, -0.25) is 10.1 Å². The Morgan fingerprint density at radius 2 is 1.63 bits per heavy atom. The van der Waals surface area contributed by atoms with Crippen molar-refractivity contribution in [1.82, 2.24) is 10.6 Å². The Hall–Kier alpha value is -3.35. The van der Waals surface area contributed by atoms with Crippen molar-refractivity contribution in [3.05, 3.63) is 59.2 Å². The van der Waals surface area contributed by atoms with E-state index in [4.69, 9.17) is 4.74 Å². The van der Waals surface area contributed by atoms with E-state index < -0.39 is 24.0 Å². The molecule has 2 aromatic carbocycles. The summed E-state index contributed by atoms with van der Waals surface area (Å²) in [5.74, 6) is -1.37. The highest BCUT2D eigenvalue weighted by Crippen LogP contribution is 2.25. The van der Waals surface area contributed by atoms with E-state index in [1.54, 1.807) is 24.3 Å². The molecule has 3 N–H and O–H groups in total. The first-order valence-corrected chi connectivity index (χ1v) is 8.49. The largest absolute Gasteiger partial charge is 0.449 e. The second-order valence-corrected chi connectivity index (χ2v) is 6.03. The summed E-state index contributed by atoms with van der Waals surface area (Å²) in [5.41, 5.74) is 3.92. The molecule has 3 amide bonds. The summed E-state index contributed by atoms with van der Waals surface area (Å²) in [6.45, 7) is 5.40. The lowest BCUT2D eigenvalue weighted by Crippen LogP contribution is -2.43. The van der Waals surface area contributed by atoms with Crippen LogP contribution in [0.2, 0.25) is 0 Å². The molecule has 27 heavy (non-hydrogen) atoms. The van der Waals surface area contributed by atoms with Gasteiger partial charge in [-0.1, -0.05) is 24.3 Å². The van der Waals surface area contributed by atoms with E-state index in [1.165, 1.54) is 14.0 Å². The predicted octanol–water partition coefficient (Wildman–Crippen LogP) is 3.05. The average molecular weight is 369 g/mol. The molecule has 2 rings (SSSR count). The second kappa shape index (κ2) is 8.84. The fraction of sp³-hybridized carbons (Fsp3) is 0.250. The van der Waals surface area contributed by atoms with E-state index in [1.807, 2.05) is 32.0 Å². The molecule has 7 heteroatoms. The third-order valence-electron chi connectivity index (χ3n) is 4.14. The van der Waals surface area contributed by atoms with Gasteiger partial charge >= 0.3 is 12.0 Å². The van der Waals surface area contributed by atoms with Gasteiger partial charge in [-0.15, -0.1) is 0 Å². The summed E-state index contributed by atoms with van der Waals surface area (Å²) < 4.78 is 5.20. The van der Waals surface area contributed by atoms with E-state index >= 15 is 0 Å². The molecular formula is C20H23N3O4. The van der Waals surface area contributed by atoms with Gasteiger partial charge in [-0.05, 0) is 50.1 Å². The van der Waals surface area contributed by atoms with E-state index in [2.05, 4.69) is 16.0 Å². The molecule has 0 saturated heterocycles. The number of rotatable bonds is 5. The van der Waals surface area contributed by atoms with Crippen molar-refractivity contribution in [1.29, 1.82) is 0 Å². The van der Waals surface area contributed by atoms with Gasteiger partial charge in [0.25, 0.3) is 5.91 Å². The predicted molar refractivity (Wildman–Crippen MR) is 103 cm³/mol. The molecule has 0 fully saturated rings. The van der Waals surface area contributed by atoms with Crippen LogP contribution < -0.4 is 16.0 Å². The number of hydrogen-bond donors (Lipinski definition) is 3. The number of imide groups is 1. The van der Waals surface area contributed by atoms with Crippen molar-refractivity contribution in [2.45, 2.75) is 26.9 Å². The molecule has 7 nitrogen and oxygen atoms in total. The van der Waals surface area contributed by atoms with Crippen molar-refractivity contribution in [3.8, 4) is 0 Å². The number of carbonyl (C=O) groups is 3. The molecule has 0 aromatic heterocycles. The zero-order chi connectivity index (χ0) is 20.0. The van der Waals surface area contributed by atoms with Crippen LogP contribution in [0.4, 0.5) is 16.2 Å². The number of aryl methyl sites for hydroxylation is 1. The molecule has 1 atom stereocenters. The third kappa shape index (κ3) is 5.07. The van der Waals surface area contributed by atoms with Crippen LogP contribution in [0.1, 0.15) is 28.4 Å². The number of urea groups is 1. The van der Waals surface area contributed by atoms with Crippen LogP contribution in [0.15, 0.2) is 42.5 Å².